The molecule has 1 heterocycles. The SMILES string of the molecule is CC1(C)CN(CCCCCC(=O)NN)CC(CO)O1. The van der Waals surface area contributed by atoms with Crippen molar-refractivity contribution in [2.75, 3.05) is 26.2 Å². The number of hydrogen-bond donors (Lipinski definition) is 3. The third-order valence-electron chi connectivity index (χ3n) is 3.29. The zero-order valence-electron chi connectivity index (χ0n) is 12.0. The number of carbonyl (C=O) groups is 1. The van der Waals surface area contributed by atoms with Crippen molar-refractivity contribution in [1.29, 1.82) is 0 Å². The molecule has 1 rings (SSSR count). The molecule has 1 amide bonds. The molecular formula is C13H27N3O3. The van der Waals surface area contributed by atoms with E-state index in [1.165, 1.54) is 0 Å². The van der Waals surface area contributed by atoms with Crippen LogP contribution in [0.2, 0.25) is 0 Å². The first kappa shape index (κ1) is 16.4. The lowest BCUT2D eigenvalue weighted by atomic mass is 10.0. The van der Waals surface area contributed by atoms with Crippen LogP contribution in [0.3, 0.4) is 0 Å². The smallest absolute Gasteiger partial charge is 0.233 e. The minimum Gasteiger partial charge on any atom is -0.394 e. The monoisotopic (exact) mass is 273 g/mol. The van der Waals surface area contributed by atoms with Gasteiger partial charge in [0, 0.05) is 19.5 Å². The average Bonchev–Trinajstić information content (AvgIpc) is 2.36. The van der Waals surface area contributed by atoms with Crippen molar-refractivity contribution < 1.29 is 14.6 Å². The molecule has 1 aliphatic rings. The third kappa shape index (κ3) is 6.33. The maximum atomic E-state index is 11.0. The van der Waals surface area contributed by atoms with Gasteiger partial charge in [-0.15, -0.1) is 0 Å². The number of nitrogens with zero attached hydrogens (tertiary/aromatic N) is 1. The molecule has 0 radical (unpaired) electrons. The molecule has 0 aromatic rings. The number of carbonyl (C=O) groups excluding carboxylic acids is 1. The van der Waals surface area contributed by atoms with E-state index in [-0.39, 0.29) is 24.2 Å². The Hall–Kier alpha value is -0.690. The van der Waals surface area contributed by atoms with Gasteiger partial charge in [-0.25, -0.2) is 5.84 Å². The highest BCUT2D eigenvalue weighted by atomic mass is 16.5. The van der Waals surface area contributed by atoms with E-state index in [1.807, 2.05) is 13.8 Å². The van der Waals surface area contributed by atoms with Crippen LogP contribution in [0.1, 0.15) is 39.5 Å². The standard InChI is InChI=1S/C13H27N3O3/c1-13(2)10-16(8-11(9-17)19-13)7-5-3-4-6-12(18)15-14/h11,17H,3-10,14H2,1-2H3,(H,15,18). The van der Waals surface area contributed by atoms with Gasteiger partial charge in [0.1, 0.15) is 0 Å². The molecule has 6 heteroatoms. The summed E-state index contributed by atoms with van der Waals surface area (Å²) >= 11 is 0. The number of nitrogens with one attached hydrogen (secondary N) is 1. The van der Waals surface area contributed by atoms with E-state index in [0.717, 1.165) is 38.9 Å². The van der Waals surface area contributed by atoms with Gasteiger partial charge in [0.15, 0.2) is 0 Å². The summed E-state index contributed by atoms with van der Waals surface area (Å²) in [5.41, 5.74) is 1.93. The maximum absolute atomic E-state index is 11.0. The zero-order chi connectivity index (χ0) is 14.3. The molecule has 0 aliphatic carbocycles. The van der Waals surface area contributed by atoms with Gasteiger partial charge in [-0.2, -0.15) is 0 Å². The van der Waals surface area contributed by atoms with Gasteiger partial charge in [0.25, 0.3) is 0 Å². The Morgan fingerprint density at radius 2 is 2.21 bits per heavy atom. The van der Waals surface area contributed by atoms with Crippen LogP contribution in [0.4, 0.5) is 0 Å². The minimum absolute atomic E-state index is 0.0661. The minimum atomic E-state index is -0.203. The second-order valence-corrected chi connectivity index (χ2v) is 5.80. The first-order valence-electron chi connectivity index (χ1n) is 6.97. The van der Waals surface area contributed by atoms with Gasteiger partial charge in [0.2, 0.25) is 5.91 Å². The van der Waals surface area contributed by atoms with Crippen molar-refractivity contribution in [2.24, 2.45) is 5.84 Å². The number of aliphatic hydroxyl groups excluding tert-OH is 1. The van der Waals surface area contributed by atoms with Crippen molar-refractivity contribution in [1.82, 2.24) is 10.3 Å². The number of nitrogens with two attached hydrogens (primary N) is 1. The van der Waals surface area contributed by atoms with Crippen molar-refractivity contribution in [3.8, 4) is 0 Å². The van der Waals surface area contributed by atoms with Gasteiger partial charge in [-0.05, 0) is 33.2 Å². The molecule has 112 valence electrons. The Morgan fingerprint density at radius 1 is 1.47 bits per heavy atom. The number of ether oxygens (including phenoxy) is 1. The number of amides is 1. The topological polar surface area (TPSA) is 87.8 Å². The van der Waals surface area contributed by atoms with E-state index < -0.39 is 0 Å². The summed E-state index contributed by atoms with van der Waals surface area (Å²) in [6.45, 7) is 6.81. The van der Waals surface area contributed by atoms with Gasteiger partial charge in [0.05, 0.1) is 18.3 Å². The molecule has 0 aromatic heterocycles. The summed E-state index contributed by atoms with van der Waals surface area (Å²) in [7, 11) is 0. The van der Waals surface area contributed by atoms with Crippen LogP contribution >= 0.6 is 0 Å². The van der Waals surface area contributed by atoms with E-state index in [2.05, 4.69) is 10.3 Å². The highest BCUT2D eigenvalue weighted by Crippen LogP contribution is 2.21. The second-order valence-electron chi connectivity index (χ2n) is 5.80. The highest BCUT2D eigenvalue weighted by molar-refractivity contribution is 5.74. The predicted octanol–water partition coefficient (Wildman–Crippen LogP) is 0.00840. The van der Waals surface area contributed by atoms with Crippen LogP contribution in [0.15, 0.2) is 0 Å². The molecule has 4 N–H and O–H groups in total. The van der Waals surface area contributed by atoms with E-state index >= 15 is 0 Å². The first-order chi connectivity index (χ1) is 8.96. The molecule has 19 heavy (non-hydrogen) atoms. The van der Waals surface area contributed by atoms with Gasteiger partial charge in [-0.3, -0.25) is 15.1 Å². The number of unbranched alkanes of at least 4 members (excludes halogenated alkanes) is 2. The normalized spacial score (nSPS) is 23.3. The fourth-order valence-corrected chi connectivity index (χ4v) is 2.55. The number of hydrazine groups is 1. The van der Waals surface area contributed by atoms with Gasteiger partial charge < -0.3 is 9.84 Å². The molecule has 0 spiro atoms. The van der Waals surface area contributed by atoms with Crippen LogP contribution in [0, 0.1) is 0 Å². The van der Waals surface area contributed by atoms with Gasteiger partial charge in [-0.1, -0.05) is 6.42 Å². The van der Waals surface area contributed by atoms with Crippen LogP contribution in [0.5, 0.6) is 0 Å². The molecule has 0 bridgehead atoms. The Morgan fingerprint density at radius 3 is 2.84 bits per heavy atom. The predicted molar refractivity (Wildman–Crippen MR) is 73.3 cm³/mol. The van der Waals surface area contributed by atoms with Crippen LogP contribution in [-0.2, 0) is 9.53 Å². The fourth-order valence-electron chi connectivity index (χ4n) is 2.55. The first-order valence-corrected chi connectivity index (χ1v) is 6.97. The molecule has 0 saturated carbocycles. The molecule has 1 unspecified atom stereocenters. The molecule has 6 nitrogen and oxygen atoms in total. The molecular weight excluding hydrogens is 246 g/mol. The van der Waals surface area contributed by atoms with E-state index in [4.69, 9.17) is 10.6 Å². The molecule has 1 fully saturated rings. The second kappa shape index (κ2) is 7.79. The van der Waals surface area contributed by atoms with Crippen LogP contribution < -0.4 is 11.3 Å². The summed E-state index contributed by atoms with van der Waals surface area (Å²) in [5.74, 6) is 4.91. The molecule has 1 aliphatic heterocycles. The number of rotatable bonds is 7. The quantitative estimate of drug-likeness (QED) is 0.263. The molecule has 0 aromatic carbocycles. The van der Waals surface area contributed by atoms with Crippen molar-refractivity contribution in [3.63, 3.8) is 0 Å². The lowest BCUT2D eigenvalue weighted by Crippen LogP contribution is -2.53. The maximum Gasteiger partial charge on any atom is 0.233 e. The van der Waals surface area contributed by atoms with Crippen LogP contribution in [0.25, 0.3) is 0 Å². The summed E-state index contributed by atoms with van der Waals surface area (Å²) in [6, 6.07) is 0. The average molecular weight is 273 g/mol. The Kier molecular flexibility index (Phi) is 6.71. The fraction of sp³-hybridized carbons (Fsp3) is 0.923. The summed E-state index contributed by atoms with van der Waals surface area (Å²) in [6.07, 6.45) is 3.32. The van der Waals surface area contributed by atoms with Crippen molar-refractivity contribution >= 4 is 5.91 Å². The van der Waals surface area contributed by atoms with Crippen molar-refractivity contribution in [3.05, 3.63) is 0 Å². The third-order valence-corrected chi connectivity index (χ3v) is 3.29. The lowest BCUT2D eigenvalue weighted by molar-refractivity contribution is -0.148. The van der Waals surface area contributed by atoms with Gasteiger partial charge >= 0.3 is 0 Å². The Bertz CT molecular complexity index is 284. The van der Waals surface area contributed by atoms with Crippen molar-refractivity contribution in [2.45, 2.75) is 51.2 Å². The lowest BCUT2D eigenvalue weighted by Gasteiger charge is -2.42. The highest BCUT2D eigenvalue weighted by Gasteiger charge is 2.32. The molecule has 1 saturated heterocycles. The summed E-state index contributed by atoms with van der Waals surface area (Å²) in [4.78, 5) is 13.3. The summed E-state index contributed by atoms with van der Waals surface area (Å²) in [5, 5.41) is 9.23. The zero-order valence-corrected chi connectivity index (χ0v) is 12.0. The largest absolute Gasteiger partial charge is 0.394 e. The van der Waals surface area contributed by atoms with E-state index in [9.17, 15) is 9.90 Å². The number of morpholine rings is 1. The van der Waals surface area contributed by atoms with Crippen LogP contribution in [-0.4, -0.2) is 53.9 Å². The number of hydrogen-bond acceptors (Lipinski definition) is 5. The number of aliphatic hydroxyl groups is 1. The van der Waals surface area contributed by atoms with E-state index in [1.54, 1.807) is 0 Å². The Balaban J connectivity index is 2.19. The Labute approximate surface area is 115 Å². The summed E-state index contributed by atoms with van der Waals surface area (Å²) < 4.78 is 5.77. The molecule has 1 atom stereocenters. The van der Waals surface area contributed by atoms with E-state index in [0.29, 0.717) is 6.42 Å².